The summed E-state index contributed by atoms with van der Waals surface area (Å²) in [7, 11) is -2.27. The van der Waals surface area contributed by atoms with Gasteiger partial charge in [-0.2, -0.15) is 9.97 Å². The van der Waals surface area contributed by atoms with Gasteiger partial charge in [-0.3, -0.25) is 0 Å². The summed E-state index contributed by atoms with van der Waals surface area (Å²) in [6.45, 7) is 1.90. The van der Waals surface area contributed by atoms with Crippen LogP contribution in [0, 0.1) is 10.5 Å². The molecule has 0 spiro atoms. The van der Waals surface area contributed by atoms with Gasteiger partial charge in [-0.05, 0) is 77.5 Å². The topological polar surface area (TPSA) is 86.1 Å². The molecule has 0 saturated carbocycles. The lowest BCUT2D eigenvalue weighted by Crippen LogP contribution is -2.13. The Morgan fingerprint density at radius 3 is 2.37 bits per heavy atom. The van der Waals surface area contributed by atoms with Crippen molar-refractivity contribution < 1.29 is 13.2 Å². The number of rotatable bonds is 5. The summed E-state index contributed by atoms with van der Waals surface area (Å²) in [5, 5.41) is 3.69. The number of hydrogen-bond donors (Lipinski definition) is 1. The quantitative estimate of drug-likeness (QED) is 0.276. The highest BCUT2D eigenvalue weighted by Gasteiger charge is 2.24. The molecule has 2 aromatic carbocycles. The fraction of sp³-hybridized carbons (Fsp3) is 0.100. The Hall–Kier alpha value is -2.37. The van der Waals surface area contributed by atoms with Gasteiger partial charge in [0.1, 0.15) is 11.6 Å². The van der Waals surface area contributed by atoms with Crippen LogP contribution in [0.1, 0.15) is 5.56 Å². The lowest BCUT2D eigenvalue weighted by molar-refractivity contribution is 0.415. The van der Waals surface area contributed by atoms with Crippen molar-refractivity contribution in [2.24, 2.45) is 0 Å². The Morgan fingerprint density at radius 2 is 1.73 bits per heavy atom. The van der Waals surface area contributed by atoms with E-state index in [1.807, 2.05) is 19.1 Å². The molecule has 2 heterocycles. The standard InChI is InChI=1S/C20H16ClIN4O3S/c1-12-3-9-15(10-4-12)30(27,28)26-11-16(22)17-18(24-20(21)25-19(17)26)23-13-5-7-14(29-2)8-6-13/h3-11H,1-2H3,(H,23,24,25). The molecular weight excluding hydrogens is 539 g/mol. The zero-order valence-corrected chi connectivity index (χ0v) is 19.7. The van der Waals surface area contributed by atoms with E-state index in [9.17, 15) is 8.42 Å². The molecule has 0 aliphatic carbocycles. The fourth-order valence-electron chi connectivity index (χ4n) is 2.94. The number of aromatic nitrogens is 3. The first-order valence-corrected chi connectivity index (χ1v) is 11.7. The van der Waals surface area contributed by atoms with E-state index in [2.05, 4.69) is 37.9 Å². The fourth-order valence-corrected chi connectivity index (χ4v) is 5.38. The Morgan fingerprint density at radius 1 is 1.07 bits per heavy atom. The highest BCUT2D eigenvalue weighted by molar-refractivity contribution is 14.1. The molecule has 4 rings (SSSR count). The zero-order valence-electron chi connectivity index (χ0n) is 15.9. The summed E-state index contributed by atoms with van der Waals surface area (Å²) >= 11 is 8.21. The SMILES string of the molecule is COc1ccc(Nc2nc(Cl)nc3c2c(I)cn3S(=O)(=O)c2ccc(C)cc2)cc1. The number of ether oxygens (including phenoxy) is 1. The molecule has 0 aliphatic heterocycles. The van der Waals surface area contributed by atoms with Crippen LogP contribution in [0.25, 0.3) is 11.0 Å². The van der Waals surface area contributed by atoms with E-state index in [1.54, 1.807) is 43.5 Å². The van der Waals surface area contributed by atoms with Gasteiger partial charge in [0.2, 0.25) is 5.28 Å². The molecule has 1 N–H and O–H groups in total. The maximum Gasteiger partial charge on any atom is 0.269 e. The third kappa shape index (κ3) is 3.84. The van der Waals surface area contributed by atoms with Crippen molar-refractivity contribution in [2.75, 3.05) is 12.4 Å². The minimum Gasteiger partial charge on any atom is -0.497 e. The van der Waals surface area contributed by atoms with Crippen molar-refractivity contribution in [2.45, 2.75) is 11.8 Å². The lowest BCUT2D eigenvalue weighted by Gasteiger charge is -2.10. The van der Waals surface area contributed by atoms with E-state index >= 15 is 0 Å². The molecule has 7 nitrogen and oxygen atoms in total. The van der Waals surface area contributed by atoms with Gasteiger partial charge in [-0.15, -0.1) is 0 Å². The average Bonchev–Trinajstić information content (AvgIpc) is 3.06. The Labute approximate surface area is 192 Å². The monoisotopic (exact) mass is 554 g/mol. The average molecular weight is 555 g/mol. The van der Waals surface area contributed by atoms with Crippen LogP contribution in [-0.4, -0.2) is 29.5 Å². The van der Waals surface area contributed by atoms with Gasteiger partial charge in [0.25, 0.3) is 10.0 Å². The molecule has 0 amide bonds. The first-order chi connectivity index (χ1) is 14.3. The van der Waals surface area contributed by atoms with E-state index < -0.39 is 10.0 Å². The van der Waals surface area contributed by atoms with E-state index in [0.29, 0.717) is 14.8 Å². The number of benzene rings is 2. The summed E-state index contributed by atoms with van der Waals surface area (Å²) in [6.07, 6.45) is 1.52. The number of fused-ring (bicyclic) bond motifs is 1. The van der Waals surface area contributed by atoms with E-state index in [4.69, 9.17) is 16.3 Å². The van der Waals surface area contributed by atoms with Crippen LogP contribution < -0.4 is 10.1 Å². The number of anilines is 2. The van der Waals surface area contributed by atoms with Crippen molar-refractivity contribution in [3.05, 3.63) is 69.1 Å². The lowest BCUT2D eigenvalue weighted by atomic mass is 10.2. The van der Waals surface area contributed by atoms with Crippen molar-refractivity contribution in [1.82, 2.24) is 13.9 Å². The van der Waals surface area contributed by atoms with Gasteiger partial charge < -0.3 is 10.1 Å². The van der Waals surface area contributed by atoms with Crippen molar-refractivity contribution in [1.29, 1.82) is 0 Å². The summed E-state index contributed by atoms with van der Waals surface area (Å²) in [5.41, 5.74) is 1.92. The molecule has 0 unspecified atom stereocenters. The third-order valence-electron chi connectivity index (χ3n) is 4.47. The zero-order chi connectivity index (χ0) is 21.5. The Balaban J connectivity index is 1.85. The number of nitrogens with one attached hydrogen (secondary N) is 1. The largest absolute Gasteiger partial charge is 0.497 e. The first-order valence-electron chi connectivity index (χ1n) is 8.77. The van der Waals surface area contributed by atoms with Gasteiger partial charge >= 0.3 is 0 Å². The first kappa shape index (κ1) is 20.9. The van der Waals surface area contributed by atoms with E-state index in [1.165, 1.54) is 6.20 Å². The van der Waals surface area contributed by atoms with Crippen LogP contribution in [0.15, 0.2) is 59.6 Å². The highest BCUT2D eigenvalue weighted by Crippen LogP contribution is 2.33. The van der Waals surface area contributed by atoms with Crippen LogP contribution in [0.2, 0.25) is 5.28 Å². The second kappa shape index (κ2) is 8.05. The number of aryl methyl sites for hydroxylation is 1. The summed E-state index contributed by atoms with van der Waals surface area (Å²) in [5.74, 6) is 1.13. The molecule has 10 heteroatoms. The second-order valence-electron chi connectivity index (χ2n) is 6.48. The smallest absolute Gasteiger partial charge is 0.269 e. The highest BCUT2D eigenvalue weighted by atomic mass is 127. The molecule has 154 valence electrons. The molecule has 0 saturated heterocycles. The molecular formula is C20H16ClIN4O3S. The maximum atomic E-state index is 13.2. The molecule has 4 aromatic rings. The van der Waals surface area contributed by atoms with Gasteiger partial charge in [0.15, 0.2) is 5.65 Å². The molecule has 0 radical (unpaired) electrons. The van der Waals surface area contributed by atoms with Crippen LogP contribution in [0.3, 0.4) is 0 Å². The number of nitrogens with zero attached hydrogens (tertiary/aromatic N) is 3. The van der Waals surface area contributed by atoms with Crippen molar-refractivity contribution >= 4 is 66.8 Å². The predicted octanol–water partition coefficient (Wildman–Crippen LogP) is 4.99. The molecule has 0 aliphatic rings. The van der Waals surface area contributed by atoms with Crippen molar-refractivity contribution in [3.8, 4) is 5.75 Å². The molecule has 0 fully saturated rings. The summed E-state index contributed by atoms with van der Waals surface area (Å²) < 4.78 is 33.5. The Kier molecular flexibility index (Phi) is 5.60. The molecule has 30 heavy (non-hydrogen) atoms. The second-order valence-corrected chi connectivity index (χ2v) is 9.80. The van der Waals surface area contributed by atoms with Gasteiger partial charge in [0, 0.05) is 15.5 Å². The molecule has 2 aromatic heterocycles. The predicted molar refractivity (Wildman–Crippen MR) is 125 cm³/mol. The van der Waals surface area contributed by atoms with Gasteiger partial charge in [-0.1, -0.05) is 17.7 Å². The van der Waals surface area contributed by atoms with Crippen molar-refractivity contribution in [3.63, 3.8) is 0 Å². The van der Waals surface area contributed by atoms with Crippen LogP contribution in [-0.2, 0) is 10.0 Å². The molecule has 0 atom stereocenters. The third-order valence-corrected chi connectivity index (χ3v) is 7.12. The van der Waals surface area contributed by atoms with E-state index in [-0.39, 0.29) is 15.8 Å². The Bertz CT molecular complexity index is 1340. The summed E-state index contributed by atoms with van der Waals surface area (Å²) in [4.78, 5) is 8.65. The maximum absolute atomic E-state index is 13.2. The normalized spacial score (nSPS) is 11.6. The van der Waals surface area contributed by atoms with Crippen LogP contribution in [0.5, 0.6) is 5.75 Å². The summed E-state index contributed by atoms with van der Waals surface area (Å²) in [6, 6.07) is 13.9. The number of halogens is 2. The number of methoxy groups -OCH3 is 1. The van der Waals surface area contributed by atoms with E-state index in [0.717, 1.165) is 21.0 Å². The number of hydrogen-bond acceptors (Lipinski definition) is 6. The van der Waals surface area contributed by atoms with Crippen LogP contribution >= 0.6 is 34.2 Å². The molecule has 0 bridgehead atoms. The minimum atomic E-state index is -3.86. The van der Waals surface area contributed by atoms with Gasteiger partial charge in [-0.25, -0.2) is 12.4 Å². The van der Waals surface area contributed by atoms with Crippen LogP contribution in [0.4, 0.5) is 11.5 Å². The van der Waals surface area contributed by atoms with Gasteiger partial charge in [0.05, 0.1) is 17.4 Å². The minimum absolute atomic E-state index is 0.0617.